The molecule has 0 radical (unpaired) electrons. The summed E-state index contributed by atoms with van der Waals surface area (Å²) in [6.07, 6.45) is 7.59. The Hall–Kier alpha value is -0.120. The van der Waals surface area contributed by atoms with E-state index in [1.165, 1.54) is 51.9 Å². The highest BCUT2D eigenvalue weighted by Crippen LogP contribution is 2.31. The van der Waals surface area contributed by atoms with Crippen LogP contribution in [0.3, 0.4) is 0 Å². The molecule has 3 heteroatoms. The van der Waals surface area contributed by atoms with Crippen molar-refractivity contribution >= 4 is 0 Å². The van der Waals surface area contributed by atoms with E-state index in [1.807, 2.05) is 13.8 Å². The third kappa shape index (κ3) is 4.94. The second-order valence-electron chi connectivity index (χ2n) is 5.29. The first-order valence-electron chi connectivity index (χ1n) is 7.40. The fourth-order valence-corrected chi connectivity index (χ4v) is 2.58. The van der Waals surface area contributed by atoms with Crippen molar-refractivity contribution in [1.29, 1.82) is 0 Å². The highest BCUT2D eigenvalue weighted by molar-refractivity contribution is 4.91. The van der Waals surface area contributed by atoms with Gasteiger partial charge in [-0.1, -0.05) is 13.8 Å². The zero-order chi connectivity index (χ0) is 12.6. The van der Waals surface area contributed by atoms with Gasteiger partial charge in [0.1, 0.15) is 0 Å². The molecule has 0 bridgehead atoms. The van der Waals surface area contributed by atoms with Crippen LogP contribution in [0.2, 0.25) is 0 Å². The summed E-state index contributed by atoms with van der Waals surface area (Å²) in [6, 6.07) is 0. The average molecular weight is 242 g/mol. The van der Waals surface area contributed by atoms with Gasteiger partial charge in [0.05, 0.1) is 6.10 Å². The van der Waals surface area contributed by atoms with Gasteiger partial charge in [-0.15, -0.1) is 0 Å². The molecule has 3 nitrogen and oxygen atoms in total. The maximum atomic E-state index is 8.45. The fourth-order valence-electron chi connectivity index (χ4n) is 2.58. The van der Waals surface area contributed by atoms with Crippen LogP contribution in [0.1, 0.15) is 52.4 Å². The summed E-state index contributed by atoms with van der Waals surface area (Å²) in [5, 5.41) is 15.4. The van der Waals surface area contributed by atoms with Crippen molar-refractivity contribution in [2.24, 2.45) is 5.41 Å². The van der Waals surface area contributed by atoms with Crippen LogP contribution >= 0.6 is 0 Å². The number of piperidine rings is 1. The van der Waals surface area contributed by atoms with E-state index in [2.05, 4.69) is 10.6 Å². The van der Waals surface area contributed by atoms with E-state index in [0.717, 1.165) is 12.8 Å². The second-order valence-corrected chi connectivity index (χ2v) is 5.29. The average Bonchev–Trinajstić information content (AvgIpc) is 2.79. The van der Waals surface area contributed by atoms with Crippen molar-refractivity contribution < 1.29 is 5.11 Å². The summed E-state index contributed by atoms with van der Waals surface area (Å²) in [7, 11) is 0. The highest BCUT2D eigenvalue weighted by Gasteiger charge is 2.34. The first-order chi connectivity index (χ1) is 8.31. The van der Waals surface area contributed by atoms with Crippen LogP contribution in [0, 0.1) is 5.41 Å². The molecule has 0 aromatic carbocycles. The minimum atomic E-state index is 0.0648. The van der Waals surface area contributed by atoms with E-state index < -0.39 is 0 Å². The lowest BCUT2D eigenvalue weighted by atomic mass is 9.80. The summed E-state index contributed by atoms with van der Waals surface area (Å²) < 4.78 is 0. The molecule has 2 saturated heterocycles. The molecule has 1 spiro atoms. The Bertz CT molecular complexity index is 179. The third-order valence-electron chi connectivity index (χ3n) is 3.97. The summed E-state index contributed by atoms with van der Waals surface area (Å²) >= 11 is 0. The SMILES string of the molecule is C1CNCC2(C1)CCNC2.CC.OC1CCC1. The topological polar surface area (TPSA) is 44.3 Å². The molecule has 17 heavy (non-hydrogen) atoms. The lowest BCUT2D eigenvalue weighted by molar-refractivity contribution is 0.0950. The van der Waals surface area contributed by atoms with Gasteiger partial charge in [-0.05, 0) is 57.0 Å². The number of rotatable bonds is 0. The first-order valence-corrected chi connectivity index (χ1v) is 7.40. The molecule has 0 amide bonds. The van der Waals surface area contributed by atoms with E-state index in [4.69, 9.17) is 5.11 Å². The number of hydrogen-bond donors (Lipinski definition) is 3. The smallest absolute Gasteiger partial charge is 0.0540 e. The van der Waals surface area contributed by atoms with Crippen LogP contribution in [0.25, 0.3) is 0 Å². The molecule has 2 aliphatic heterocycles. The van der Waals surface area contributed by atoms with E-state index in [0.29, 0.717) is 5.41 Å². The van der Waals surface area contributed by atoms with Crippen LogP contribution in [0.5, 0.6) is 0 Å². The van der Waals surface area contributed by atoms with Crippen molar-refractivity contribution in [3.05, 3.63) is 0 Å². The van der Waals surface area contributed by atoms with Crippen molar-refractivity contribution in [1.82, 2.24) is 10.6 Å². The molecular formula is C14H30N2O. The van der Waals surface area contributed by atoms with Gasteiger partial charge in [-0.25, -0.2) is 0 Å². The van der Waals surface area contributed by atoms with E-state index in [1.54, 1.807) is 0 Å². The molecule has 102 valence electrons. The predicted molar refractivity (Wildman–Crippen MR) is 73.2 cm³/mol. The molecule has 0 aromatic rings. The van der Waals surface area contributed by atoms with Crippen LogP contribution in [-0.2, 0) is 0 Å². The van der Waals surface area contributed by atoms with Gasteiger partial charge in [0.15, 0.2) is 0 Å². The molecule has 3 rings (SSSR count). The Labute approximate surface area is 106 Å². The van der Waals surface area contributed by atoms with E-state index in [9.17, 15) is 0 Å². The number of aliphatic hydroxyl groups is 1. The molecule has 1 atom stereocenters. The van der Waals surface area contributed by atoms with Crippen molar-refractivity contribution in [3.8, 4) is 0 Å². The lowest BCUT2D eigenvalue weighted by Crippen LogP contribution is -2.41. The maximum Gasteiger partial charge on any atom is 0.0540 e. The highest BCUT2D eigenvalue weighted by atomic mass is 16.3. The van der Waals surface area contributed by atoms with Crippen LogP contribution < -0.4 is 10.6 Å². The van der Waals surface area contributed by atoms with Gasteiger partial charge >= 0.3 is 0 Å². The van der Waals surface area contributed by atoms with Gasteiger partial charge in [0.2, 0.25) is 0 Å². The summed E-state index contributed by atoms with van der Waals surface area (Å²) in [4.78, 5) is 0. The molecule has 3 fully saturated rings. The Morgan fingerprint density at radius 2 is 1.53 bits per heavy atom. The van der Waals surface area contributed by atoms with Gasteiger partial charge in [0, 0.05) is 13.1 Å². The molecule has 2 heterocycles. The molecule has 1 unspecified atom stereocenters. The monoisotopic (exact) mass is 242 g/mol. The van der Waals surface area contributed by atoms with Gasteiger partial charge < -0.3 is 15.7 Å². The molecule has 1 saturated carbocycles. The zero-order valence-corrected chi connectivity index (χ0v) is 11.6. The van der Waals surface area contributed by atoms with E-state index in [-0.39, 0.29) is 6.10 Å². The summed E-state index contributed by atoms with van der Waals surface area (Å²) in [6.45, 7) is 8.98. The second kappa shape index (κ2) is 8.06. The molecule has 1 aliphatic carbocycles. The van der Waals surface area contributed by atoms with Gasteiger partial charge in [-0.3, -0.25) is 0 Å². The number of nitrogens with one attached hydrogen (secondary N) is 2. The van der Waals surface area contributed by atoms with E-state index >= 15 is 0 Å². The third-order valence-corrected chi connectivity index (χ3v) is 3.97. The Kier molecular flexibility index (Phi) is 7.09. The molecular weight excluding hydrogens is 212 g/mol. The van der Waals surface area contributed by atoms with Crippen molar-refractivity contribution in [3.63, 3.8) is 0 Å². The quantitative estimate of drug-likeness (QED) is 0.608. The van der Waals surface area contributed by atoms with Crippen molar-refractivity contribution in [2.45, 2.75) is 58.5 Å². The minimum absolute atomic E-state index is 0.0648. The number of hydrogen-bond acceptors (Lipinski definition) is 3. The summed E-state index contributed by atoms with van der Waals surface area (Å²) in [5.74, 6) is 0. The van der Waals surface area contributed by atoms with Crippen LogP contribution in [0.4, 0.5) is 0 Å². The predicted octanol–water partition coefficient (Wildman–Crippen LogP) is 1.91. The fraction of sp³-hybridized carbons (Fsp3) is 1.00. The molecule has 3 aliphatic rings. The molecule has 0 aromatic heterocycles. The Morgan fingerprint density at radius 1 is 0.941 bits per heavy atom. The van der Waals surface area contributed by atoms with Gasteiger partial charge in [0.25, 0.3) is 0 Å². The van der Waals surface area contributed by atoms with Gasteiger partial charge in [-0.2, -0.15) is 0 Å². The zero-order valence-electron chi connectivity index (χ0n) is 11.6. The van der Waals surface area contributed by atoms with Crippen molar-refractivity contribution in [2.75, 3.05) is 26.2 Å². The normalized spacial score (nSPS) is 31.9. The first kappa shape index (κ1) is 14.9. The van der Waals surface area contributed by atoms with Crippen LogP contribution in [0.15, 0.2) is 0 Å². The lowest BCUT2D eigenvalue weighted by Gasteiger charge is -2.32. The number of aliphatic hydroxyl groups excluding tert-OH is 1. The standard InChI is InChI=1S/C8H16N2.C4H8O.C2H6/c1-2-8(6-9-4-1)3-5-10-7-8;5-4-2-1-3-4;1-2/h9-10H,1-7H2;4-5H,1-3H2;1-2H3. The van der Waals surface area contributed by atoms with Crippen LogP contribution in [-0.4, -0.2) is 37.4 Å². The largest absolute Gasteiger partial charge is 0.393 e. The summed E-state index contributed by atoms with van der Waals surface area (Å²) in [5.41, 5.74) is 0.651. The maximum absolute atomic E-state index is 8.45. The Morgan fingerprint density at radius 3 is 1.82 bits per heavy atom. The molecule has 3 N–H and O–H groups in total. The minimum Gasteiger partial charge on any atom is -0.393 e. The Balaban J connectivity index is 0.000000175.